The maximum Gasteiger partial charge on any atom is 0.272 e. The van der Waals surface area contributed by atoms with Crippen molar-refractivity contribution in [3.05, 3.63) is 71.6 Å². The number of aromatic nitrogens is 3. The van der Waals surface area contributed by atoms with Crippen molar-refractivity contribution in [2.75, 3.05) is 13.1 Å². The number of carbonyl (C=O) groups excluding carboxylic acids is 2. The largest absolute Gasteiger partial charge is 0.364 e. The lowest BCUT2D eigenvalue weighted by molar-refractivity contribution is -0.905. The van der Waals surface area contributed by atoms with Crippen LogP contribution in [0.2, 0.25) is 0 Å². The Kier molecular flexibility index (Phi) is 3.36. The van der Waals surface area contributed by atoms with Gasteiger partial charge in [-0.3, -0.25) is 14.8 Å². The van der Waals surface area contributed by atoms with Crippen LogP contribution in [0.5, 0.6) is 0 Å². The van der Waals surface area contributed by atoms with Crippen molar-refractivity contribution in [2.45, 2.75) is 19.1 Å². The van der Waals surface area contributed by atoms with Crippen molar-refractivity contribution in [1.82, 2.24) is 19.5 Å². The van der Waals surface area contributed by atoms with Crippen LogP contribution in [0.25, 0.3) is 0 Å². The fraction of sp³-hybridized carbons (Fsp3) is 0.263. The van der Waals surface area contributed by atoms with E-state index in [4.69, 9.17) is 4.52 Å². The van der Waals surface area contributed by atoms with E-state index in [2.05, 4.69) is 5.16 Å². The Balaban J connectivity index is 1.72. The number of hydrogen-bond donors (Lipinski definition) is 1. The van der Waals surface area contributed by atoms with E-state index < -0.39 is 5.66 Å². The lowest BCUT2D eigenvalue weighted by atomic mass is 9.95. The van der Waals surface area contributed by atoms with Crippen LogP contribution < -0.4 is 4.73 Å². The van der Waals surface area contributed by atoms with E-state index in [1.54, 1.807) is 28.9 Å². The third-order valence-corrected chi connectivity index (χ3v) is 5.60. The lowest BCUT2D eigenvalue weighted by Crippen LogP contribution is -2.60. The van der Waals surface area contributed by atoms with Gasteiger partial charge in [0, 0.05) is 30.1 Å². The third kappa shape index (κ3) is 2.07. The zero-order valence-corrected chi connectivity index (χ0v) is 15.1. The molecule has 0 aromatic carbocycles. The van der Waals surface area contributed by atoms with E-state index in [1.807, 2.05) is 22.9 Å². The number of aryl methyl sites for hydroxylation is 1. The first-order valence-electron chi connectivity index (χ1n) is 8.93. The number of nitrogens with zero attached hydrogens (tertiary/aromatic N) is 5. The molecule has 0 spiro atoms. The molecule has 0 bridgehead atoms. The van der Waals surface area contributed by atoms with E-state index in [0.29, 0.717) is 42.1 Å². The van der Waals surface area contributed by atoms with Gasteiger partial charge in [-0.25, -0.2) is 0 Å². The van der Waals surface area contributed by atoms with Crippen LogP contribution >= 0.6 is 0 Å². The molecule has 5 heterocycles. The van der Waals surface area contributed by atoms with Crippen molar-refractivity contribution >= 4 is 11.8 Å². The van der Waals surface area contributed by atoms with E-state index >= 15 is 0 Å². The molecule has 142 valence electrons. The highest BCUT2D eigenvalue weighted by molar-refractivity contribution is 5.98. The molecule has 3 aromatic rings. The lowest BCUT2D eigenvalue weighted by Gasteiger charge is -2.46. The fourth-order valence-corrected chi connectivity index (χ4v) is 4.29. The van der Waals surface area contributed by atoms with E-state index in [0.717, 1.165) is 4.73 Å². The summed E-state index contributed by atoms with van der Waals surface area (Å²) in [7, 11) is 0. The van der Waals surface area contributed by atoms with Gasteiger partial charge in [0.05, 0.1) is 17.8 Å². The highest BCUT2D eigenvalue weighted by Crippen LogP contribution is 2.43. The maximum absolute atomic E-state index is 13.4. The predicted octanol–water partition coefficient (Wildman–Crippen LogP) is 0.774. The third-order valence-electron chi connectivity index (χ3n) is 5.60. The van der Waals surface area contributed by atoms with Crippen LogP contribution in [0.15, 0.2) is 53.6 Å². The summed E-state index contributed by atoms with van der Waals surface area (Å²) < 4.78 is 7.74. The van der Waals surface area contributed by atoms with E-state index in [-0.39, 0.29) is 11.8 Å². The molecule has 0 radical (unpaired) electrons. The molecule has 2 aliphatic heterocycles. The normalized spacial score (nSPS) is 21.0. The molecule has 2 aliphatic rings. The first kappa shape index (κ1) is 16.5. The summed E-state index contributed by atoms with van der Waals surface area (Å²) in [5.74, 6) is -0.417. The molecule has 3 aromatic heterocycles. The van der Waals surface area contributed by atoms with Crippen LogP contribution in [0.4, 0.5) is 0 Å². The Morgan fingerprint density at radius 2 is 2.18 bits per heavy atom. The number of fused-ring (bicyclic) bond motifs is 2. The number of amides is 2. The molecule has 9 heteroatoms. The standard InChI is InChI=1S/C19H18N5O4/c1-13-15(11-28-20-13)17(25)23-8-9-24-18(26)16-5-3-6-21(16)12-19(23,24)14-4-2-7-22(27)10-14/h2-7,10-11,27H,8-9,12H2,1H3/q+1. The summed E-state index contributed by atoms with van der Waals surface area (Å²) in [6, 6.07) is 7.09. The first-order chi connectivity index (χ1) is 13.5. The van der Waals surface area contributed by atoms with Crippen LogP contribution in [0.1, 0.15) is 32.1 Å². The molecule has 1 unspecified atom stereocenters. The number of hydrogen-bond acceptors (Lipinski definition) is 5. The zero-order valence-electron chi connectivity index (χ0n) is 15.1. The number of carbonyl (C=O) groups is 2. The molecule has 5 rings (SSSR count). The summed E-state index contributed by atoms with van der Waals surface area (Å²) in [6.07, 6.45) is 6.17. The smallest absolute Gasteiger partial charge is 0.272 e. The molecule has 2 amide bonds. The van der Waals surface area contributed by atoms with Gasteiger partial charge in [0.2, 0.25) is 12.4 Å². The second kappa shape index (κ2) is 5.69. The predicted molar refractivity (Wildman–Crippen MR) is 93.2 cm³/mol. The molecule has 28 heavy (non-hydrogen) atoms. The van der Waals surface area contributed by atoms with Crippen molar-refractivity contribution < 1.29 is 24.0 Å². The summed E-state index contributed by atoms with van der Waals surface area (Å²) in [5.41, 5.74) is 1.02. The molecular formula is C19H18N5O4+. The molecule has 0 saturated carbocycles. The van der Waals surface area contributed by atoms with Gasteiger partial charge >= 0.3 is 0 Å². The quantitative estimate of drug-likeness (QED) is 0.523. The number of rotatable bonds is 2. The molecule has 9 nitrogen and oxygen atoms in total. The molecule has 1 saturated heterocycles. The minimum absolute atomic E-state index is 0.151. The Labute approximate surface area is 159 Å². The fourth-order valence-electron chi connectivity index (χ4n) is 4.29. The topological polar surface area (TPSA) is 95.7 Å². The Morgan fingerprint density at radius 3 is 2.93 bits per heavy atom. The van der Waals surface area contributed by atoms with Gasteiger partial charge in [0.1, 0.15) is 17.5 Å². The van der Waals surface area contributed by atoms with Gasteiger partial charge in [0.25, 0.3) is 11.8 Å². The monoisotopic (exact) mass is 380 g/mol. The first-order valence-corrected chi connectivity index (χ1v) is 8.93. The minimum Gasteiger partial charge on any atom is -0.364 e. The van der Waals surface area contributed by atoms with Gasteiger partial charge in [-0.15, -0.1) is 0 Å². The summed E-state index contributed by atoms with van der Waals surface area (Å²) >= 11 is 0. The average molecular weight is 380 g/mol. The SMILES string of the molecule is Cc1nocc1C(=O)N1CCN2C(=O)c3cccn3CC12c1ccc[n+](O)c1. The Bertz CT molecular complexity index is 1100. The van der Waals surface area contributed by atoms with Gasteiger partial charge in [-0.1, -0.05) is 5.16 Å². The minimum atomic E-state index is -1.06. The van der Waals surface area contributed by atoms with E-state index in [9.17, 15) is 14.8 Å². The van der Waals surface area contributed by atoms with Gasteiger partial charge < -0.3 is 18.9 Å². The van der Waals surface area contributed by atoms with Crippen molar-refractivity contribution in [2.24, 2.45) is 0 Å². The highest BCUT2D eigenvalue weighted by atomic mass is 16.5. The molecule has 1 fully saturated rings. The molecule has 1 N–H and O–H groups in total. The van der Waals surface area contributed by atoms with Gasteiger partial charge in [0.15, 0.2) is 5.66 Å². The molecule has 1 atom stereocenters. The van der Waals surface area contributed by atoms with Crippen LogP contribution in [0, 0.1) is 6.92 Å². The van der Waals surface area contributed by atoms with Gasteiger partial charge in [-0.2, -0.15) is 0 Å². The van der Waals surface area contributed by atoms with E-state index in [1.165, 1.54) is 18.7 Å². The van der Waals surface area contributed by atoms with Crippen LogP contribution in [-0.4, -0.2) is 49.6 Å². The average Bonchev–Trinajstić information content (AvgIpc) is 3.40. The van der Waals surface area contributed by atoms with Crippen molar-refractivity contribution in [3.63, 3.8) is 0 Å². The van der Waals surface area contributed by atoms with Crippen molar-refractivity contribution in [3.8, 4) is 0 Å². The molecule has 0 aliphatic carbocycles. The van der Waals surface area contributed by atoms with Gasteiger partial charge in [-0.05, 0) is 25.1 Å². The summed E-state index contributed by atoms with van der Waals surface area (Å²) in [6.45, 7) is 2.82. The molecular weight excluding hydrogens is 362 g/mol. The second-order valence-electron chi connectivity index (χ2n) is 7.04. The Morgan fingerprint density at radius 1 is 1.32 bits per heavy atom. The van der Waals surface area contributed by atoms with Crippen LogP contribution in [0.3, 0.4) is 0 Å². The second-order valence-corrected chi connectivity index (χ2v) is 7.04. The van der Waals surface area contributed by atoms with Crippen LogP contribution in [-0.2, 0) is 12.2 Å². The Hall–Kier alpha value is -3.62. The summed E-state index contributed by atoms with van der Waals surface area (Å²) in [4.78, 5) is 30.0. The zero-order chi connectivity index (χ0) is 19.5. The highest BCUT2D eigenvalue weighted by Gasteiger charge is 2.57. The summed E-state index contributed by atoms with van der Waals surface area (Å²) in [5, 5.41) is 13.8. The number of pyridine rings is 1. The maximum atomic E-state index is 13.4. The van der Waals surface area contributed by atoms with Crippen molar-refractivity contribution in [1.29, 1.82) is 0 Å².